The molecule has 0 radical (unpaired) electrons. The fraction of sp³-hybridized carbons (Fsp3) is 0.435. The molecule has 2 aliphatic heterocycles. The number of benzene rings is 2. The Labute approximate surface area is 177 Å². The quantitative estimate of drug-likeness (QED) is 0.766. The van der Waals surface area contributed by atoms with Gasteiger partial charge < -0.3 is 14.5 Å². The van der Waals surface area contributed by atoms with E-state index in [-0.39, 0.29) is 5.91 Å². The molecule has 2 aromatic carbocycles. The summed E-state index contributed by atoms with van der Waals surface area (Å²) in [4.78, 5) is 21.0. The van der Waals surface area contributed by atoms with E-state index in [0.29, 0.717) is 11.8 Å². The number of piperazine rings is 1. The lowest BCUT2D eigenvalue weighted by Crippen LogP contribution is -2.50. The number of hydrogen-bond acceptors (Lipinski definition) is 5. The van der Waals surface area contributed by atoms with Gasteiger partial charge in [0.05, 0.1) is 25.0 Å². The molecular weight excluding hydrogens is 382 g/mol. The van der Waals surface area contributed by atoms with E-state index in [0.717, 1.165) is 56.3 Å². The SMILES string of the molecule is COc1ccccc1N1CCN(CC(=O)N2CCC(C)Sc3ccccc32)CC1. The van der Waals surface area contributed by atoms with E-state index in [9.17, 15) is 4.79 Å². The molecular formula is C23H29N3O2S. The Morgan fingerprint density at radius 3 is 2.45 bits per heavy atom. The van der Waals surface area contributed by atoms with E-state index >= 15 is 0 Å². The van der Waals surface area contributed by atoms with Gasteiger partial charge in [0.2, 0.25) is 5.91 Å². The fourth-order valence-electron chi connectivity index (χ4n) is 4.06. The van der Waals surface area contributed by atoms with Gasteiger partial charge >= 0.3 is 0 Å². The van der Waals surface area contributed by atoms with Crippen molar-refractivity contribution in [2.24, 2.45) is 0 Å². The molecule has 2 aliphatic rings. The zero-order chi connectivity index (χ0) is 20.2. The minimum atomic E-state index is 0.206. The maximum atomic E-state index is 13.2. The summed E-state index contributed by atoms with van der Waals surface area (Å²) in [6.07, 6.45) is 1.02. The number of methoxy groups -OCH3 is 1. The van der Waals surface area contributed by atoms with Crippen molar-refractivity contribution in [1.29, 1.82) is 0 Å². The molecule has 1 unspecified atom stereocenters. The van der Waals surface area contributed by atoms with Gasteiger partial charge in [-0.05, 0) is 30.7 Å². The Morgan fingerprint density at radius 1 is 1.00 bits per heavy atom. The Hall–Kier alpha value is -2.18. The number of thioether (sulfide) groups is 1. The highest BCUT2D eigenvalue weighted by molar-refractivity contribution is 8.00. The number of nitrogens with zero attached hydrogens (tertiary/aromatic N) is 3. The monoisotopic (exact) mass is 411 g/mol. The number of ether oxygens (including phenoxy) is 1. The lowest BCUT2D eigenvalue weighted by molar-refractivity contribution is -0.119. The van der Waals surface area contributed by atoms with Crippen molar-refractivity contribution in [3.63, 3.8) is 0 Å². The van der Waals surface area contributed by atoms with E-state index in [1.807, 2.05) is 40.9 Å². The molecule has 0 spiro atoms. The molecule has 0 aliphatic carbocycles. The third-order valence-corrected chi connectivity index (χ3v) is 6.94. The van der Waals surface area contributed by atoms with Crippen LogP contribution in [0.3, 0.4) is 0 Å². The van der Waals surface area contributed by atoms with Crippen molar-refractivity contribution >= 4 is 29.0 Å². The van der Waals surface area contributed by atoms with Crippen molar-refractivity contribution in [3.05, 3.63) is 48.5 Å². The number of carbonyl (C=O) groups is 1. The number of amides is 1. The van der Waals surface area contributed by atoms with Gasteiger partial charge in [-0.1, -0.05) is 31.2 Å². The van der Waals surface area contributed by atoms with E-state index < -0.39 is 0 Å². The second-order valence-electron chi connectivity index (χ2n) is 7.67. The predicted octanol–water partition coefficient (Wildman–Crippen LogP) is 3.73. The van der Waals surface area contributed by atoms with Crippen LogP contribution in [0.1, 0.15) is 13.3 Å². The van der Waals surface area contributed by atoms with Crippen LogP contribution in [0, 0.1) is 0 Å². The first kappa shape index (κ1) is 20.1. The van der Waals surface area contributed by atoms with Gasteiger partial charge in [0, 0.05) is 42.9 Å². The van der Waals surface area contributed by atoms with Crippen LogP contribution in [0.5, 0.6) is 5.75 Å². The van der Waals surface area contributed by atoms with Crippen molar-refractivity contribution in [2.75, 3.05) is 56.2 Å². The van der Waals surface area contributed by atoms with Crippen molar-refractivity contribution in [3.8, 4) is 5.75 Å². The number of carbonyl (C=O) groups excluding carboxylic acids is 1. The maximum absolute atomic E-state index is 13.2. The molecule has 154 valence electrons. The van der Waals surface area contributed by atoms with Gasteiger partial charge in [-0.15, -0.1) is 11.8 Å². The second kappa shape index (κ2) is 9.09. The smallest absolute Gasteiger partial charge is 0.241 e. The van der Waals surface area contributed by atoms with Crippen LogP contribution in [-0.2, 0) is 4.79 Å². The van der Waals surface area contributed by atoms with Crippen LogP contribution in [0.25, 0.3) is 0 Å². The highest BCUT2D eigenvalue weighted by Gasteiger charge is 2.27. The molecule has 5 nitrogen and oxygen atoms in total. The summed E-state index contributed by atoms with van der Waals surface area (Å²) in [5, 5.41) is 0.526. The lowest BCUT2D eigenvalue weighted by atomic mass is 10.2. The molecule has 1 atom stereocenters. The number of hydrogen-bond donors (Lipinski definition) is 0. The van der Waals surface area contributed by atoms with Crippen LogP contribution in [-0.4, -0.2) is 62.4 Å². The maximum Gasteiger partial charge on any atom is 0.241 e. The molecule has 2 aromatic rings. The van der Waals surface area contributed by atoms with Crippen LogP contribution < -0.4 is 14.5 Å². The molecule has 4 rings (SSSR count). The van der Waals surface area contributed by atoms with Gasteiger partial charge in [-0.25, -0.2) is 0 Å². The van der Waals surface area contributed by atoms with E-state index in [2.05, 4.69) is 41.0 Å². The number of rotatable bonds is 4. The van der Waals surface area contributed by atoms with Gasteiger partial charge in [0.15, 0.2) is 0 Å². The van der Waals surface area contributed by atoms with E-state index in [4.69, 9.17) is 4.74 Å². The average Bonchev–Trinajstić information content (AvgIpc) is 2.92. The number of anilines is 2. The summed E-state index contributed by atoms with van der Waals surface area (Å²) in [5.41, 5.74) is 2.20. The standard InChI is InChI=1S/C23H29N3O2S/c1-18-11-12-26(20-8-4-6-10-22(20)29-18)23(27)17-24-13-15-25(16-14-24)19-7-3-5-9-21(19)28-2/h3-10,18H,11-17H2,1-2H3. The molecule has 1 saturated heterocycles. The summed E-state index contributed by atoms with van der Waals surface area (Å²) in [5.74, 6) is 1.11. The van der Waals surface area contributed by atoms with Gasteiger partial charge in [0.25, 0.3) is 0 Å². The molecule has 1 fully saturated rings. The van der Waals surface area contributed by atoms with Crippen LogP contribution in [0.4, 0.5) is 11.4 Å². The first-order valence-corrected chi connectivity index (χ1v) is 11.2. The van der Waals surface area contributed by atoms with Gasteiger partial charge in [0.1, 0.15) is 5.75 Å². The summed E-state index contributed by atoms with van der Waals surface area (Å²) < 4.78 is 5.51. The molecule has 0 saturated carbocycles. The number of fused-ring (bicyclic) bond motifs is 1. The highest BCUT2D eigenvalue weighted by atomic mass is 32.2. The van der Waals surface area contributed by atoms with Gasteiger partial charge in [-0.3, -0.25) is 9.69 Å². The van der Waals surface area contributed by atoms with Crippen LogP contribution >= 0.6 is 11.8 Å². The molecule has 2 heterocycles. The first-order chi connectivity index (χ1) is 14.2. The molecule has 6 heteroatoms. The minimum Gasteiger partial charge on any atom is -0.495 e. The summed E-state index contributed by atoms with van der Waals surface area (Å²) in [7, 11) is 1.71. The first-order valence-electron chi connectivity index (χ1n) is 10.3. The lowest BCUT2D eigenvalue weighted by Gasteiger charge is -2.37. The zero-order valence-corrected chi connectivity index (χ0v) is 18.0. The Morgan fingerprint density at radius 2 is 1.69 bits per heavy atom. The van der Waals surface area contributed by atoms with Crippen LogP contribution in [0.2, 0.25) is 0 Å². The molecule has 1 amide bonds. The fourth-order valence-corrected chi connectivity index (χ4v) is 5.17. The largest absolute Gasteiger partial charge is 0.495 e. The normalized spacial score (nSPS) is 20.1. The predicted molar refractivity (Wildman–Crippen MR) is 120 cm³/mol. The number of para-hydroxylation sites is 3. The van der Waals surface area contributed by atoms with Crippen molar-refractivity contribution < 1.29 is 9.53 Å². The summed E-state index contributed by atoms with van der Waals surface area (Å²) in [6.45, 7) is 7.08. The summed E-state index contributed by atoms with van der Waals surface area (Å²) >= 11 is 1.88. The third-order valence-electron chi connectivity index (χ3n) is 5.70. The van der Waals surface area contributed by atoms with Gasteiger partial charge in [-0.2, -0.15) is 0 Å². The third kappa shape index (κ3) is 4.54. The van der Waals surface area contributed by atoms with E-state index in [1.165, 1.54) is 4.90 Å². The van der Waals surface area contributed by atoms with Crippen molar-refractivity contribution in [1.82, 2.24) is 4.90 Å². The zero-order valence-electron chi connectivity index (χ0n) is 17.2. The molecule has 0 bridgehead atoms. The highest BCUT2D eigenvalue weighted by Crippen LogP contribution is 2.37. The minimum absolute atomic E-state index is 0.206. The topological polar surface area (TPSA) is 36.0 Å². The molecule has 0 N–H and O–H groups in total. The average molecular weight is 412 g/mol. The van der Waals surface area contributed by atoms with E-state index in [1.54, 1.807) is 7.11 Å². The molecule has 0 aromatic heterocycles. The molecule has 29 heavy (non-hydrogen) atoms. The van der Waals surface area contributed by atoms with Crippen LogP contribution in [0.15, 0.2) is 53.4 Å². The second-order valence-corrected chi connectivity index (χ2v) is 9.15. The summed E-state index contributed by atoms with van der Waals surface area (Å²) in [6, 6.07) is 16.4. The van der Waals surface area contributed by atoms with Crippen molar-refractivity contribution in [2.45, 2.75) is 23.5 Å². The Balaban J connectivity index is 1.39. The Kier molecular flexibility index (Phi) is 6.31. The Bertz CT molecular complexity index is 852.